The van der Waals surface area contributed by atoms with E-state index in [1.54, 1.807) is 0 Å². The maximum atomic E-state index is 13.5. The molecule has 0 radical (unpaired) electrons. The van der Waals surface area contributed by atoms with Crippen molar-refractivity contribution < 1.29 is 22.0 Å². The highest BCUT2D eigenvalue weighted by molar-refractivity contribution is 7.92. The molecule has 0 spiro atoms. The molecule has 1 saturated heterocycles. The molecule has 1 aliphatic rings. The predicted octanol–water partition coefficient (Wildman–Crippen LogP) is 4.06. The molecular formula is C24H31F2N3O3S. The van der Waals surface area contributed by atoms with Crippen molar-refractivity contribution >= 4 is 27.3 Å². The summed E-state index contributed by atoms with van der Waals surface area (Å²) < 4.78 is 51.8. The van der Waals surface area contributed by atoms with Crippen LogP contribution in [0.1, 0.15) is 38.2 Å². The number of benzene rings is 2. The first-order valence-electron chi connectivity index (χ1n) is 11.2. The quantitative estimate of drug-likeness (QED) is 0.589. The lowest BCUT2D eigenvalue weighted by atomic mass is 9.99. The van der Waals surface area contributed by atoms with E-state index >= 15 is 0 Å². The lowest BCUT2D eigenvalue weighted by Gasteiger charge is -2.32. The molecule has 0 aliphatic carbocycles. The van der Waals surface area contributed by atoms with Crippen molar-refractivity contribution in [3.63, 3.8) is 0 Å². The van der Waals surface area contributed by atoms with Gasteiger partial charge in [0.1, 0.15) is 0 Å². The van der Waals surface area contributed by atoms with Crippen LogP contribution in [0, 0.1) is 17.6 Å². The summed E-state index contributed by atoms with van der Waals surface area (Å²) in [5.41, 5.74) is 2.20. The van der Waals surface area contributed by atoms with Gasteiger partial charge in [-0.25, -0.2) is 17.2 Å². The molecule has 1 heterocycles. The number of hydrogen-bond acceptors (Lipinski definition) is 4. The Morgan fingerprint density at radius 3 is 2.52 bits per heavy atom. The number of rotatable bonds is 9. The van der Waals surface area contributed by atoms with Gasteiger partial charge in [-0.15, -0.1) is 0 Å². The molecule has 9 heteroatoms. The molecule has 0 bridgehead atoms. The number of anilines is 2. The second-order valence-electron chi connectivity index (χ2n) is 8.67. The van der Waals surface area contributed by atoms with Gasteiger partial charge in [0, 0.05) is 44.4 Å². The Bertz CT molecular complexity index is 1060. The van der Waals surface area contributed by atoms with Crippen LogP contribution < -0.4 is 14.5 Å². The SMILES string of the molecule is C[C@H]1CCCN(c2ccc(CNC(=O)CCCN(c3ccc(F)c(F)c3)S(C)(=O)=O)cc2)C1. The van der Waals surface area contributed by atoms with E-state index in [4.69, 9.17) is 0 Å². The van der Waals surface area contributed by atoms with Crippen molar-refractivity contribution in [1.29, 1.82) is 0 Å². The third-order valence-electron chi connectivity index (χ3n) is 5.80. The molecule has 3 rings (SSSR count). The summed E-state index contributed by atoms with van der Waals surface area (Å²) in [5, 5.41) is 2.84. The number of carbonyl (C=O) groups excluding carboxylic acids is 1. The smallest absolute Gasteiger partial charge is 0.232 e. The zero-order valence-electron chi connectivity index (χ0n) is 19.1. The third kappa shape index (κ3) is 7.15. The normalized spacial score (nSPS) is 16.5. The Morgan fingerprint density at radius 1 is 1.15 bits per heavy atom. The Balaban J connectivity index is 1.48. The fourth-order valence-electron chi connectivity index (χ4n) is 4.05. The molecule has 1 fully saturated rings. The first-order chi connectivity index (χ1) is 15.6. The first-order valence-corrected chi connectivity index (χ1v) is 13.0. The molecule has 0 aromatic heterocycles. The monoisotopic (exact) mass is 479 g/mol. The van der Waals surface area contributed by atoms with Crippen LogP contribution in [0.4, 0.5) is 20.2 Å². The Labute approximate surface area is 194 Å². The second kappa shape index (κ2) is 11.0. The number of nitrogens with zero attached hydrogens (tertiary/aromatic N) is 2. The molecule has 0 saturated carbocycles. The van der Waals surface area contributed by atoms with Gasteiger partial charge < -0.3 is 10.2 Å². The Morgan fingerprint density at radius 2 is 1.88 bits per heavy atom. The molecular weight excluding hydrogens is 448 g/mol. The molecule has 2 aromatic carbocycles. The van der Waals surface area contributed by atoms with Crippen LogP contribution in [0.15, 0.2) is 42.5 Å². The highest BCUT2D eigenvalue weighted by Gasteiger charge is 2.19. The van der Waals surface area contributed by atoms with Crippen molar-refractivity contribution in [2.24, 2.45) is 5.92 Å². The van der Waals surface area contributed by atoms with Gasteiger partial charge in [0.25, 0.3) is 0 Å². The van der Waals surface area contributed by atoms with Crippen LogP contribution in [0.5, 0.6) is 0 Å². The second-order valence-corrected chi connectivity index (χ2v) is 10.6. The fourth-order valence-corrected chi connectivity index (χ4v) is 5.00. The average Bonchev–Trinajstić information content (AvgIpc) is 2.77. The highest BCUT2D eigenvalue weighted by Crippen LogP contribution is 2.23. The molecule has 6 nitrogen and oxygen atoms in total. The Kier molecular flexibility index (Phi) is 8.29. The predicted molar refractivity (Wildman–Crippen MR) is 127 cm³/mol. The first kappa shape index (κ1) is 25.0. The lowest BCUT2D eigenvalue weighted by Crippen LogP contribution is -2.34. The minimum atomic E-state index is -3.71. The number of carbonyl (C=O) groups is 1. The minimum Gasteiger partial charge on any atom is -0.371 e. The maximum Gasteiger partial charge on any atom is 0.232 e. The molecule has 1 N–H and O–H groups in total. The molecule has 1 atom stereocenters. The highest BCUT2D eigenvalue weighted by atomic mass is 32.2. The molecule has 1 amide bonds. The van der Waals surface area contributed by atoms with Gasteiger partial charge in [0.2, 0.25) is 15.9 Å². The molecule has 0 unspecified atom stereocenters. The number of piperidine rings is 1. The van der Waals surface area contributed by atoms with E-state index in [0.29, 0.717) is 12.5 Å². The summed E-state index contributed by atoms with van der Waals surface area (Å²) in [7, 11) is -3.71. The number of sulfonamides is 1. The van der Waals surface area contributed by atoms with Crippen LogP contribution in [0.2, 0.25) is 0 Å². The van der Waals surface area contributed by atoms with Crippen molar-refractivity contribution in [2.45, 2.75) is 39.2 Å². The van der Waals surface area contributed by atoms with E-state index in [9.17, 15) is 22.0 Å². The van der Waals surface area contributed by atoms with Crippen LogP contribution in [0.3, 0.4) is 0 Å². The van der Waals surface area contributed by atoms with Gasteiger partial charge in [0.05, 0.1) is 11.9 Å². The lowest BCUT2D eigenvalue weighted by molar-refractivity contribution is -0.121. The van der Waals surface area contributed by atoms with Gasteiger partial charge in [-0.2, -0.15) is 0 Å². The number of nitrogens with one attached hydrogen (secondary N) is 1. The zero-order chi connectivity index (χ0) is 24.0. The van der Waals surface area contributed by atoms with E-state index in [1.165, 1.54) is 24.6 Å². The van der Waals surface area contributed by atoms with Crippen LogP contribution >= 0.6 is 0 Å². The van der Waals surface area contributed by atoms with Crippen LogP contribution in [0.25, 0.3) is 0 Å². The van der Waals surface area contributed by atoms with Gasteiger partial charge >= 0.3 is 0 Å². The zero-order valence-corrected chi connectivity index (χ0v) is 19.9. The number of amides is 1. The van der Waals surface area contributed by atoms with Crippen molar-refractivity contribution in [3.8, 4) is 0 Å². The molecule has 180 valence electrons. The molecule has 1 aliphatic heterocycles. The van der Waals surface area contributed by atoms with Gasteiger partial charge in [-0.05, 0) is 55.0 Å². The van der Waals surface area contributed by atoms with Gasteiger partial charge in [-0.3, -0.25) is 9.10 Å². The Hall–Kier alpha value is -2.68. The van der Waals surface area contributed by atoms with Gasteiger partial charge in [0.15, 0.2) is 11.6 Å². The molecule has 2 aromatic rings. The average molecular weight is 480 g/mol. The summed E-state index contributed by atoms with van der Waals surface area (Å²) in [5.74, 6) is -1.69. The van der Waals surface area contributed by atoms with E-state index in [-0.39, 0.29) is 31.0 Å². The summed E-state index contributed by atoms with van der Waals surface area (Å²) >= 11 is 0. The maximum absolute atomic E-state index is 13.5. The number of halogens is 2. The van der Waals surface area contributed by atoms with Crippen molar-refractivity contribution in [3.05, 3.63) is 59.7 Å². The summed E-state index contributed by atoms with van der Waals surface area (Å²) in [6.07, 6.45) is 3.81. The van der Waals surface area contributed by atoms with Gasteiger partial charge in [-0.1, -0.05) is 19.1 Å². The van der Waals surface area contributed by atoms with E-state index in [1.807, 2.05) is 12.1 Å². The van der Waals surface area contributed by atoms with Crippen LogP contribution in [-0.4, -0.2) is 40.2 Å². The van der Waals surface area contributed by atoms with E-state index in [2.05, 4.69) is 29.3 Å². The minimum absolute atomic E-state index is 0.0136. The molecule has 33 heavy (non-hydrogen) atoms. The number of hydrogen-bond donors (Lipinski definition) is 1. The standard InChI is InChI=1S/C24H31F2N3O3S/c1-18-5-3-13-28(17-18)20-9-7-19(8-10-20)16-27-24(30)6-4-14-29(33(2,31)32)21-11-12-22(25)23(26)15-21/h7-12,15,18H,3-6,13-14,16-17H2,1-2H3,(H,27,30)/t18-/m0/s1. The van der Waals surface area contributed by atoms with Crippen molar-refractivity contribution in [2.75, 3.05) is 35.1 Å². The topological polar surface area (TPSA) is 69.7 Å². The van der Waals surface area contributed by atoms with E-state index < -0.39 is 21.7 Å². The van der Waals surface area contributed by atoms with Crippen molar-refractivity contribution in [1.82, 2.24) is 5.32 Å². The largest absolute Gasteiger partial charge is 0.371 e. The third-order valence-corrected chi connectivity index (χ3v) is 7.00. The fraction of sp³-hybridized carbons (Fsp3) is 0.458. The van der Waals surface area contributed by atoms with E-state index in [0.717, 1.165) is 41.3 Å². The summed E-state index contributed by atoms with van der Waals surface area (Å²) in [4.78, 5) is 14.6. The van der Waals surface area contributed by atoms with Crippen LogP contribution in [-0.2, 0) is 21.4 Å². The summed E-state index contributed by atoms with van der Waals surface area (Å²) in [6.45, 7) is 4.76. The summed E-state index contributed by atoms with van der Waals surface area (Å²) in [6, 6.07) is 11.1.